The molecule has 32 rings (SSSR count). The number of furan rings is 4. The molecule has 0 amide bonds. The SMILES string of the molecule is c1ccc2c(-c3c4ccccc4c(-c4ccc5c(c4)oc4ccccc45)c4ccccc34)cccc2c1.c1ccc2c(-c3c4ccccc4c(-c4ccc5oc6ccccc6c5c4)c4ccccc34)cccc2c1.c1ccc2c(-c3c4ccccc4c(-c4cccc5c4oc4ccccc45)c4ccccc34)cccc2c1.c1ccc2c(-c3c4ccccc4c(-c4cccc5oc6ccccc6c45)c4ccccc34)cccc2c1. The van der Waals surface area contributed by atoms with Crippen molar-refractivity contribution in [2.24, 2.45) is 0 Å². The van der Waals surface area contributed by atoms with Crippen molar-refractivity contribution in [1.29, 1.82) is 0 Å². The standard InChI is InChI=1S/4C36H22O/c1-2-13-24-23(11-1)12-9-19-26(24)34-27-15-3-5-17-29(27)35(30-18-6-4-16-28(30)34)32-21-10-20-31-25-14-7-8-22-33(25)37-36(31)32;1-2-13-24-23(11-1)12-9-19-25(24)34-26-14-3-5-16-28(26)35(29-17-6-4-15-27(29)34)31-20-10-22-33-36(31)30-18-7-8-21-32(30)37-33;1-2-12-25-23(10-1)11-9-18-28(25)36-31-16-5-3-14-29(31)35(30-15-4-6-17-32(30)36)24-20-21-27-26-13-7-8-19-33(26)37-34(27)22-24;1-2-12-25-23(10-1)11-9-18-27(25)36-30-16-5-3-14-28(30)35(29-15-4-6-17-31(29)36)24-20-21-34-32(22-24)26-13-7-8-19-33(26)37-34/h4*1-22H. The van der Waals surface area contributed by atoms with Gasteiger partial charge in [-0.15, -0.1) is 0 Å². The lowest BCUT2D eigenvalue weighted by atomic mass is 9.84. The Labute approximate surface area is 851 Å². The molecule has 4 nitrogen and oxygen atoms in total. The Balaban J connectivity index is 0.0000000930. The number of para-hydroxylation sites is 5. The second-order valence-corrected chi connectivity index (χ2v) is 38.6. The van der Waals surface area contributed by atoms with Crippen LogP contribution in [0.15, 0.2) is 552 Å². The first kappa shape index (κ1) is 85.3. The van der Waals surface area contributed by atoms with E-state index in [9.17, 15) is 0 Å². The molecule has 0 unspecified atom stereocenters. The van der Waals surface area contributed by atoms with Crippen LogP contribution in [0.4, 0.5) is 0 Å². The summed E-state index contributed by atoms with van der Waals surface area (Å²) in [4.78, 5) is 0. The van der Waals surface area contributed by atoms with Gasteiger partial charge in [-0.1, -0.05) is 479 Å². The zero-order chi connectivity index (χ0) is 97.4. The fourth-order valence-corrected chi connectivity index (χ4v) is 24.3. The molecule has 4 heteroatoms. The summed E-state index contributed by atoms with van der Waals surface area (Å²) >= 11 is 0. The van der Waals surface area contributed by atoms with Gasteiger partial charge in [-0.25, -0.2) is 0 Å². The summed E-state index contributed by atoms with van der Waals surface area (Å²) < 4.78 is 25.2. The number of hydrogen-bond acceptors (Lipinski definition) is 4. The third-order valence-electron chi connectivity index (χ3n) is 30.6. The minimum Gasteiger partial charge on any atom is -0.456 e. The number of rotatable bonds is 8. The normalized spacial score (nSPS) is 11.8. The van der Waals surface area contributed by atoms with E-state index in [0.29, 0.717) is 0 Å². The van der Waals surface area contributed by atoms with E-state index in [1.807, 2.05) is 36.4 Å². The Bertz CT molecular complexity index is 10800. The first-order valence-corrected chi connectivity index (χ1v) is 50.8. The maximum absolute atomic E-state index is 6.51. The van der Waals surface area contributed by atoms with Crippen LogP contribution in [-0.4, -0.2) is 0 Å². The van der Waals surface area contributed by atoms with Gasteiger partial charge < -0.3 is 17.7 Å². The van der Waals surface area contributed by atoms with Gasteiger partial charge in [0, 0.05) is 54.2 Å². The van der Waals surface area contributed by atoms with Crippen molar-refractivity contribution in [3.8, 4) is 89.0 Å². The molecular formula is C144H88O4. The van der Waals surface area contributed by atoms with Crippen LogP contribution in [-0.2, 0) is 0 Å². The fraction of sp³-hybridized carbons (Fsp3) is 0. The number of hydrogen-bond donors (Lipinski definition) is 0. The highest BCUT2D eigenvalue weighted by molar-refractivity contribution is 6.31. The van der Waals surface area contributed by atoms with Crippen molar-refractivity contribution in [2.75, 3.05) is 0 Å². The van der Waals surface area contributed by atoms with Gasteiger partial charge in [-0.3, -0.25) is 0 Å². The Morgan fingerprint density at radius 2 is 0.311 bits per heavy atom. The van der Waals surface area contributed by atoms with Crippen molar-refractivity contribution < 1.29 is 17.7 Å². The molecule has 0 aliphatic heterocycles. The Hall–Kier alpha value is -19.5. The molecule has 4 aromatic heterocycles. The monoisotopic (exact) mass is 1880 g/mol. The third-order valence-corrected chi connectivity index (χ3v) is 30.6. The highest BCUT2D eigenvalue weighted by atomic mass is 16.3. The van der Waals surface area contributed by atoms with Crippen LogP contribution >= 0.6 is 0 Å². The van der Waals surface area contributed by atoms with Crippen molar-refractivity contribution in [2.45, 2.75) is 0 Å². The first-order valence-electron chi connectivity index (χ1n) is 50.8. The Morgan fingerprint density at radius 3 is 0.689 bits per heavy atom. The topological polar surface area (TPSA) is 52.6 Å². The zero-order valence-electron chi connectivity index (χ0n) is 80.4. The largest absolute Gasteiger partial charge is 0.456 e. The second-order valence-electron chi connectivity index (χ2n) is 38.6. The molecule has 0 aliphatic carbocycles. The molecule has 0 bridgehead atoms. The van der Waals surface area contributed by atoms with Gasteiger partial charge in [-0.2, -0.15) is 0 Å². The van der Waals surface area contributed by atoms with Gasteiger partial charge in [0.05, 0.1) is 0 Å². The van der Waals surface area contributed by atoms with Crippen molar-refractivity contribution in [3.63, 3.8) is 0 Å². The second kappa shape index (κ2) is 35.3. The van der Waals surface area contributed by atoms with Gasteiger partial charge in [0.1, 0.15) is 44.7 Å². The van der Waals surface area contributed by atoms with E-state index in [1.165, 1.54) is 218 Å². The molecule has 0 atom stereocenters. The molecule has 148 heavy (non-hydrogen) atoms. The third kappa shape index (κ3) is 13.9. The quantitative estimate of drug-likeness (QED) is 0.142. The number of fused-ring (bicyclic) bond motifs is 24. The predicted octanol–water partition coefficient (Wildman–Crippen LogP) is 41.5. The summed E-state index contributed by atoms with van der Waals surface area (Å²) in [5, 5.41) is 39.4. The molecule has 0 radical (unpaired) electrons. The minimum absolute atomic E-state index is 0.921. The molecule has 0 fully saturated rings. The molecule has 688 valence electrons. The smallest absolute Gasteiger partial charge is 0.143 e. The van der Waals surface area contributed by atoms with Gasteiger partial charge in [0.25, 0.3) is 0 Å². The van der Waals surface area contributed by atoms with Crippen LogP contribution in [0, 0.1) is 0 Å². The highest BCUT2D eigenvalue weighted by Crippen LogP contribution is 2.54. The van der Waals surface area contributed by atoms with E-state index in [1.54, 1.807) is 0 Å². The van der Waals surface area contributed by atoms with Gasteiger partial charge in [0.15, 0.2) is 0 Å². The molecule has 0 saturated carbocycles. The van der Waals surface area contributed by atoms with Gasteiger partial charge in [0.2, 0.25) is 0 Å². The van der Waals surface area contributed by atoms with E-state index in [4.69, 9.17) is 17.7 Å². The van der Waals surface area contributed by atoms with Crippen molar-refractivity contribution >= 4 is 217 Å². The molecular weight excluding hydrogens is 1790 g/mol. The van der Waals surface area contributed by atoms with Gasteiger partial charge in [-0.05, 0) is 262 Å². The maximum Gasteiger partial charge on any atom is 0.143 e. The van der Waals surface area contributed by atoms with Gasteiger partial charge >= 0.3 is 0 Å². The van der Waals surface area contributed by atoms with Crippen LogP contribution in [0.25, 0.3) is 306 Å². The molecule has 28 aromatic carbocycles. The van der Waals surface area contributed by atoms with Crippen LogP contribution in [0.3, 0.4) is 0 Å². The van der Waals surface area contributed by atoms with Crippen LogP contribution in [0.2, 0.25) is 0 Å². The Kier molecular flexibility index (Phi) is 20.3. The van der Waals surface area contributed by atoms with E-state index in [2.05, 4.69) is 497 Å². The van der Waals surface area contributed by atoms with E-state index < -0.39 is 0 Å². The zero-order valence-corrected chi connectivity index (χ0v) is 80.4. The molecule has 32 aromatic rings. The predicted molar refractivity (Wildman–Crippen MR) is 628 cm³/mol. The summed E-state index contributed by atoms with van der Waals surface area (Å²) in [7, 11) is 0. The average molecular weight is 1880 g/mol. The fourth-order valence-electron chi connectivity index (χ4n) is 24.3. The lowest BCUT2D eigenvalue weighted by Crippen LogP contribution is -1.92. The lowest BCUT2D eigenvalue weighted by molar-refractivity contribution is 0.668. The van der Waals surface area contributed by atoms with Crippen LogP contribution < -0.4 is 0 Å². The maximum atomic E-state index is 6.51. The summed E-state index contributed by atoms with van der Waals surface area (Å²) in [6, 6.07) is 191. The first-order chi connectivity index (χ1) is 73.5. The number of benzene rings is 28. The van der Waals surface area contributed by atoms with E-state index in [-0.39, 0.29) is 0 Å². The van der Waals surface area contributed by atoms with E-state index >= 15 is 0 Å². The molecule has 0 aliphatic rings. The lowest BCUT2D eigenvalue weighted by Gasteiger charge is -2.19. The van der Waals surface area contributed by atoms with Crippen molar-refractivity contribution in [3.05, 3.63) is 534 Å². The Morgan fingerprint density at radius 1 is 0.101 bits per heavy atom. The summed E-state index contributed by atoms with van der Waals surface area (Å²) in [6.45, 7) is 0. The van der Waals surface area contributed by atoms with Crippen LogP contribution in [0.5, 0.6) is 0 Å². The minimum atomic E-state index is 0.921. The molecule has 4 heterocycles. The van der Waals surface area contributed by atoms with E-state index in [0.717, 1.165) is 87.9 Å². The molecule has 0 N–H and O–H groups in total. The summed E-state index contributed by atoms with van der Waals surface area (Å²) in [5.41, 5.74) is 27.3. The van der Waals surface area contributed by atoms with Crippen LogP contribution in [0.1, 0.15) is 0 Å². The highest BCUT2D eigenvalue weighted by Gasteiger charge is 2.28. The summed E-state index contributed by atoms with van der Waals surface area (Å²) in [6.07, 6.45) is 0. The molecule has 0 spiro atoms. The summed E-state index contributed by atoms with van der Waals surface area (Å²) in [5.74, 6) is 0. The average Bonchev–Trinajstić information content (AvgIpc) is 1.57. The molecule has 0 saturated heterocycles. The van der Waals surface area contributed by atoms with Crippen molar-refractivity contribution in [1.82, 2.24) is 0 Å².